The molecule has 0 atom stereocenters. The molecule has 0 saturated carbocycles. The number of hydrogen-bond acceptors (Lipinski definition) is 5. The van der Waals surface area contributed by atoms with E-state index in [-0.39, 0.29) is 5.91 Å². The van der Waals surface area contributed by atoms with Crippen molar-refractivity contribution in [3.63, 3.8) is 0 Å². The van der Waals surface area contributed by atoms with Gasteiger partial charge in [0.25, 0.3) is 5.91 Å². The molecule has 1 N–H and O–H groups in total. The van der Waals surface area contributed by atoms with Gasteiger partial charge in [0.15, 0.2) is 0 Å². The van der Waals surface area contributed by atoms with Crippen molar-refractivity contribution in [3.05, 3.63) is 41.3 Å². The Balaban J connectivity index is 1.78. The minimum absolute atomic E-state index is 0.190. The number of benzene rings is 1. The number of rotatable bonds is 6. The Hall–Kier alpha value is -2.63. The van der Waals surface area contributed by atoms with Crippen LogP contribution < -0.4 is 15.1 Å². The maximum absolute atomic E-state index is 12.9. The first kappa shape index (κ1) is 21.1. The maximum Gasteiger partial charge on any atom is 0.274 e. The van der Waals surface area contributed by atoms with Crippen molar-refractivity contribution in [2.45, 2.75) is 53.4 Å². The van der Waals surface area contributed by atoms with E-state index in [4.69, 9.17) is 0 Å². The fraction of sp³-hybridized carbons (Fsp3) is 0.522. The van der Waals surface area contributed by atoms with Gasteiger partial charge in [-0.15, -0.1) is 0 Å². The van der Waals surface area contributed by atoms with E-state index >= 15 is 0 Å². The van der Waals surface area contributed by atoms with E-state index in [0.717, 1.165) is 43.2 Å². The number of nitrogens with one attached hydrogen (secondary N) is 1. The molecule has 2 aromatic rings. The van der Waals surface area contributed by atoms with Gasteiger partial charge in [0.2, 0.25) is 0 Å². The van der Waals surface area contributed by atoms with Crippen molar-refractivity contribution in [1.29, 1.82) is 0 Å². The molecule has 6 heteroatoms. The molecule has 2 heterocycles. The molecule has 1 aliphatic rings. The Morgan fingerprint density at radius 1 is 1.03 bits per heavy atom. The molecule has 0 radical (unpaired) electrons. The van der Waals surface area contributed by atoms with Crippen LogP contribution in [0, 0.1) is 13.8 Å². The highest BCUT2D eigenvalue weighted by molar-refractivity contribution is 6.03. The van der Waals surface area contributed by atoms with Gasteiger partial charge >= 0.3 is 0 Å². The first-order valence-electron chi connectivity index (χ1n) is 10.8. The van der Waals surface area contributed by atoms with Gasteiger partial charge < -0.3 is 15.1 Å². The summed E-state index contributed by atoms with van der Waals surface area (Å²) in [6, 6.07) is 7.98. The van der Waals surface area contributed by atoms with E-state index < -0.39 is 0 Å². The summed E-state index contributed by atoms with van der Waals surface area (Å²) in [7, 11) is 0. The third-order valence-electron chi connectivity index (χ3n) is 5.57. The van der Waals surface area contributed by atoms with Gasteiger partial charge in [-0.05, 0) is 64.3 Å². The van der Waals surface area contributed by atoms with Crippen molar-refractivity contribution in [3.8, 4) is 0 Å². The highest BCUT2D eigenvalue weighted by Gasteiger charge is 2.17. The second-order valence-electron chi connectivity index (χ2n) is 7.69. The highest BCUT2D eigenvalue weighted by Crippen LogP contribution is 2.24. The molecule has 0 aliphatic carbocycles. The monoisotopic (exact) mass is 395 g/mol. The lowest BCUT2D eigenvalue weighted by Gasteiger charge is -2.23. The average Bonchev–Trinajstić information content (AvgIpc) is 3.00. The van der Waals surface area contributed by atoms with Gasteiger partial charge in [0.05, 0.1) is 0 Å². The molecule has 0 unspecified atom stereocenters. The quantitative estimate of drug-likeness (QED) is 0.776. The van der Waals surface area contributed by atoms with Crippen LogP contribution in [-0.4, -0.2) is 42.1 Å². The van der Waals surface area contributed by atoms with E-state index in [9.17, 15) is 4.79 Å². The molecule has 1 fully saturated rings. The second-order valence-corrected chi connectivity index (χ2v) is 7.69. The summed E-state index contributed by atoms with van der Waals surface area (Å²) < 4.78 is 0. The summed E-state index contributed by atoms with van der Waals surface area (Å²) in [6.45, 7) is 12.1. The number of hydrogen-bond donors (Lipinski definition) is 1. The Kier molecular flexibility index (Phi) is 7.07. The number of amides is 1. The van der Waals surface area contributed by atoms with E-state index in [1.807, 2.05) is 26.0 Å². The largest absolute Gasteiger partial charge is 0.372 e. The van der Waals surface area contributed by atoms with Gasteiger partial charge in [-0.2, -0.15) is 0 Å². The molecule has 1 saturated heterocycles. The molecule has 1 amide bonds. The van der Waals surface area contributed by atoms with Crippen LogP contribution in [0.3, 0.4) is 0 Å². The highest BCUT2D eigenvalue weighted by atomic mass is 16.1. The van der Waals surface area contributed by atoms with Gasteiger partial charge in [0.1, 0.15) is 17.3 Å². The summed E-state index contributed by atoms with van der Waals surface area (Å²) in [6.07, 6.45) is 4.86. The van der Waals surface area contributed by atoms with Crippen molar-refractivity contribution in [2.75, 3.05) is 41.3 Å². The van der Waals surface area contributed by atoms with Crippen molar-refractivity contribution in [1.82, 2.24) is 9.97 Å². The zero-order valence-corrected chi connectivity index (χ0v) is 18.2. The molecule has 6 nitrogen and oxygen atoms in total. The SMILES string of the molecule is CCN(CC)c1ccc(NC(=O)c2cc(N3CCCCCC3)nc(C)n2)c(C)c1. The van der Waals surface area contributed by atoms with Crippen LogP contribution in [0.15, 0.2) is 24.3 Å². The maximum atomic E-state index is 12.9. The molecule has 3 rings (SSSR count). The third kappa shape index (κ3) is 5.25. The Bertz CT molecular complexity index is 839. The molecular formula is C23H33N5O. The summed E-state index contributed by atoms with van der Waals surface area (Å²) >= 11 is 0. The Morgan fingerprint density at radius 3 is 2.34 bits per heavy atom. The van der Waals surface area contributed by atoms with Gasteiger partial charge in [0, 0.05) is 43.6 Å². The van der Waals surface area contributed by atoms with Crippen molar-refractivity contribution >= 4 is 23.1 Å². The lowest BCUT2D eigenvalue weighted by molar-refractivity contribution is 0.102. The van der Waals surface area contributed by atoms with Gasteiger partial charge in [-0.1, -0.05) is 12.8 Å². The first-order chi connectivity index (χ1) is 14.0. The summed E-state index contributed by atoms with van der Waals surface area (Å²) in [5.74, 6) is 1.30. The first-order valence-corrected chi connectivity index (χ1v) is 10.8. The fourth-order valence-electron chi connectivity index (χ4n) is 3.89. The van der Waals surface area contributed by atoms with Crippen LogP contribution in [0.5, 0.6) is 0 Å². The zero-order chi connectivity index (χ0) is 20.8. The Labute approximate surface area is 174 Å². The van der Waals surface area contributed by atoms with Crippen LogP contribution in [-0.2, 0) is 0 Å². The van der Waals surface area contributed by atoms with Crippen LogP contribution in [0.2, 0.25) is 0 Å². The van der Waals surface area contributed by atoms with E-state index in [0.29, 0.717) is 11.5 Å². The normalized spacial score (nSPS) is 14.4. The van der Waals surface area contributed by atoms with E-state index in [1.54, 1.807) is 0 Å². The smallest absolute Gasteiger partial charge is 0.274 e. The molecule has 0 bridgehead atoms. The number of nitrogens with zero attached hydrogens (tertiary/aromatic N) is 4. The van der Waals surface area contributed by atoms with Crippen molar-refractivity contribution in [2.24, 2.45) is 0 Å². The molecule has 1 aromatic heterocycles. The van der Waals surface area contributed by atoms with E-state index in [1.165, 1.54) is 31.4 Å². The summed E-state index contributed by atoms with van der Waals surface area (Å²) in [5.41, 5.74) is 3.45. The van der Waals surface area contributed by atoms with Gasteiger partial charge in [-0.3, -0.25) is 4.79 Å². The third-order valence-corrected chi connectivity index (χ3v) is 5.57. The van der Waals surface area contributed by atoms with Crippen LogP contribution in [0.25, 0.3) is 0 Å². The lowest BCUT2D eigenvalue weighted by atomic mass is 10.1. The topological polar surface area (TPSA) is 61.4 Å². The molecule has 156 valence electrons. The Morgan fingerprint density at radius 2 is 1.72 bits per heavy atom. The summed E-state index contributed by atoms with van der Waals surface area (Å²) in [4.78, 5) is 26.5. The predicted molar refractivity (Wildman–Crippen MR) is 120 cm³/mol. The van der Waals surface area contributed by atoms with E-state index in [2.05, 4.69) is 51.1 Å². The minimum atomic E-state index is -0.190. The number of aromatic nitrogens is 2. The van der Waals surface area contributed by atoms with Crippen LogP contribution in [0.4, 0.5) is 17.2 Å². The molecular weight excluding hydrogens is 362 g/mol. The number of aryl methyl sites for hydroxylation is 2. The number of anilines is 3. The van der Waals surface area contributed by atoms with Crippen LogP contribution >= 0.6 is 0 Å². The molecule has 0 spiro atoms. The van der Waals surface area contributed by atoms with Gasteiger partial charge in [-0.25, -0.2) is 9.97 Å². The number of carbonyl (C=O) groups excluding carboxylic acids is 1. The second kappa shape index (κ2) is 9.72. The minimum Gasteiger partial charge on any atom is -0.372 e. The van der Waals surface area contributed by atoms with Crippen molar-refractivity contribution < 1.29 is 4.79 Å². The lowest BCUT2D eigenvalue weighted by Crippen LogP contribution is -2.26. The standard InChI is InChI=1S/C23H33N5O/c1-5-27(6-2)19-11-12-20(17(3)15-19)26-23(29)21-16-22(25-18(4)24-21)28-13-9-7-8-10-14-28/h11-12,15-16H,5-10,13-14H2,1-4H3,(H,26,29). The fourth-order valence-corrected chi connectivity index (χ4v) is 3.89. The molecule has 29 heavy (non-hydrogen) atoms. The van der Waals surface area contributed by atoms with Crippen LogP contribution in [0.1, 0.15) is 61.4 Å². The molecule has 1 aromatic carbocycles. The average molecular weight is 396 g/mol. The zero-order valence-electron chi connectivity index (χ0n) is 18.2. The molecule has 1 aliphatic heterocycles. The summed E-state index contributed by atoms with van der Waals surface area (Å²) in [5, 5.41) is 3.03. The predicted octanol–water partition coefficient (Wildman–Crippen LogP) is 4.57. The number of carbonyl (C=O) groups is 1.